The molecule has 0 bridgehead atoms. The molecule has 5 rings (SSSR count). The van der Waals surface area contributed by atoms with Gasteiger partial charge in [-0.2, -0.15) is 0 Å². The first-order chi connectivity index (χ1) is 17.0. The molecule has 0 aliphatic carbocycles. The summed E-state index contributed by atoms with van der Waals surface area (Å²) in [6.07, 6.45) is 1.57. The van der Waals surface area contributed by atoms with Gasteiger partial charge in [-0.05, 0) is 41.0 Å². The van der Waals surface area contributed by atoms with Gasteiger partial charge in [0.2, 0.25) is 10.0 Å². The van der Waals surface area contributed by atoms with Crippen LogP contribution in [0.5, 0.6) is 5.75 Å². The molecule has 1 fully saturated rings. The summed E-state index contributed by atoms with van der Waals surface area (Å²) in [5, 5.41) is 0.911. The van der Waals surface area contributed by atoms with Crippen molar-refractivity contribution in [3.05, 3.63) is 78.6 Å². The molecule has 1 aliphatic rings. The largest absolute Gasteiger partial charge is 0.495 e. The molecule has 1 saturated heterocycles. The van der Waals surface area contributed by atoms with Crippen molar-refractivity contribution in [2.45, 2.75) is 11.4 Å². The number of nitrogens with one attached hydrogen (secondary N) is 1. The van der Waals surface area contributed by atoms with E-state index in [0.717, 1.165) is 46.5 Å². The van der Waals surface area contributed by atoms with Gasteiger partial charge in [-0.15, -0.1) is 0 Å². The number of morpholine rings is 1. The Labute approximate surface area is 204 Å². The third kappa shape index (κ3) is 4.97. The Balaban J connectivity index is 1.51. The highest BCUT2D eigenvalue weighted by Crippen LogP contribution is 2.33. The second kappa shape index (κ2) is 9.99. The van der Waals surface area contributed by atoms with Gasteiger partial charge in [-0.1, -0.05) is 42.5 Å². The Hall–Kier alpha value is -3.53. The average Bonchev–Trinajstić information content (AvgIpc) is 2.92. The summed E-state index contributed by atoms with van der Waals surface area (Å²) < 4.78 is 40.0. The van der Waals surface area contributed by atoms with Crippen LogP contribution in [0.2, 0.25) is 0 Å². The van der Waals surface area contributed by atoms with Gasteiger partial charge in [-0.25, -0.2) is 23.1 Å². The monoisotopic (exact) mass is 490 g/mol. The smallest absolute Gasteiger partial charge is 0.244 e. The molecule has 1 N–H and O–H groups in total. The minimum absolute atomic E-state index is 0.0891. The zero-order valence-electron chi connectivity index (χ0n) is 19.3. The van der Waals surface area contributed by atoms with Crippen molar-refractivity contribution in [2.75, 3.05) is 38.3 Å². The van der Waals surface area contributed by atoms with Crippen LogP contribution in [0, 0.1) is 0 Å². The summed E-state index contributed by atoms with van der Waals surface area (Å²) in [5.74, 6) is 1.14. The van der Waals surface area contributed by atoms with Gasteiger partial charge in [0.05, 0.1) is 25.8 Å². The van der Waals surface area contributed by atoms with E-state index >= 15 is 0 Å². The van der Waals surface area contributed by atoms with E-state index < -0.39 is 10.0 Å². The Morgan fingerprint density at radius 3 is 2.49 bits per heavy atom. The number of rotatable bonds is 7. The van der Waals surface area contributed by atoms with Crippen molar-refractivity contribution in [2.24, 2.45) is 0 Å². The SMILES string of the molecule is COc1ccc(-c2ccc3ncnc(N4CCOCC4)c3c2)cc1S(=O)(=O)NCc1ccccc1. The van der Waals surface area contributed by atoms with Crippen LogP contribution in [0.15, 0.2) is 78.0 Å². The van der Waals surface area contributed by atoms with Gasteiger partial charge in [0.25, 0.3) is 0 Å². The van der Waals surface area contributed by atoms with E-state index in [1.165, 1.54) is 7.11 Å². The van der Waals surface area contributed by atoms with Gasteiger partial charge < -0.3 is 14.4 Å². The van der Waals surface area contributed by atoms with E-state index in [9.17, 15) is 8.42 Å². The Morgan fingerprint density at radius 1 is 0.971 bits per heavy atom. The van der Waals surface area contributed by atoms with Crippen LogP contribution >= 0.6 is 0 Å². The molecule has 0 amide bonds. The standard InChI is InChI=1S/C26H26N4O4S/c1-33-24-10-8-21(16-25(24)35(31,32)29-17-19-5-3-2-4-6-19)20-7-9-23-22(15-20)26(28-18-27-23)30-11-13-34-14-12-30/h2-10,15-16,18,29H,11-14,17H2,1H3. The molecule has 0 atom stereocenters. The van der Waals surface area contributed by atoms with Crippen LogP contribution in [-0.2, 0) is 21.3 Å². The first-order valence-corrected chi connectivity index (χ1v) is 12.8. The maximum absolute atomic E-state index is 13.2. The molecule has 9 heteroatoms. The van der Waals surface area contributed by atoms with E-state index in [1.807, 2.05) is 54.6 Å². The molecular weight excluding hydrogens is 464 g/mol. The maximum Gasteiger partial charge on any atom is 0.244 e. The van der Waals surface area contributed by atoms with E-state index in [2.05, 4.69) is 19.6 Å². The first kappa shape index (κ1) is 23.2. The van der Waals surface area contributed by atoms with Crippen molar-refractivity contribution in [1.82, 2.24) is 14.7 Å². The summed E-state index contributed by atoms with van der Waals surface area (Å²) in [5.41, 5.74) is 3.32. The number of hydrogen-bond acceptors (Lipinski definition) is 7. The zero-order chi connectivity index (χ0) is 24.3. The normalized spacial score (nSPS) is 14.3. The Bertz CT molecular complexity index is 1440. The number of nitrogens with zero attached hydrogens (tertiary/aromatic N) is 3. The maximum atomic E-state index is 13.2. The lowest BCUT2D eigenvalue weighted by Gasteiger charge is -2.28. The molecule has 2 heterocycles. The lowest BCUT2D eigenvalue weighted by Crippen LogP contribution is -2.36. The van der Waals surface area contributed by atoms with E-state index in [-0.39, 0.29) is 17.2 Å². The number of sulfonamides is 1. The number of ether oxygens (including phenoxy) is 2. The highest BCUT2D eigenvalue weighted by Gasteiger charge is 2.21. The zero-order valence-corrected chi connectivity index (χ0v) is 20.2. The minimum atomic E-state index is -3.82. The molecular formula is C26H26N4O4S. The summed E-state index contributed by atoms with van der Waals surface area (Å²) in [4.78, 5) is 11.2. The van der Waals surface area contributed by atoms with Crippen LogP contribution < -0.4 is 14.4 Å². The number of aromatic nitrogens is 2. The molecule has 3 aromatic carbocycles. The predicted molar refractivity (Wildman–Crippen MR) is 135 cm³/mol. The van der Waals surface area contributed by atoms with E-state index in [1.54, 1.807) is 18.5 Å². The third-order valence-corrected chi connectivity index (χ3v) is 7.44. The molecule has 35 heavy (non-hydrogen) atoms. The molecule has 4 aromatic rings. The lowest BCUT2D eigenvalue weighted by molar-refractivity contribution is 0.122. The molecule has 0 unspecified atom stereocenters. The number of fused-ring (bicyclic) bond motifs is 1. The Morgan fingerprint density at radius 2 is 1.71 bits per heavy atom. The fraction of sp³-hybridized carbons (Fsp3) is 0.231. The van der Waals surface area contributed by atoms with Crippen LogP contribution in [0.4, 0.5) is 5.82 Å². The molecule has 0 saturated carbocycles. The van der Waals surface area contributed by atoms with E-state index in [4.69, 9.17) is 9.47 Å². The van der Waals surface area contributed by atoms with Gasteiger partial charge in [0.15, 0.2) is 0 Å². The van der Waals surface area contributed by atoms with Crippen LogP contribution in [-0.4, -0.2) is 51.8 Å². The summed E-state index contributed by atoms with van der Waals surface area (Å²) in [6.45, 7) is 3.01. The number of anilines is 1. The van der Waals surface area contributed by atoms with Gasteiger partial charge in [-0.3, -0.25) is 0 Å². The number of benzene rings is 3. The quantitative estimate of drug-likeness (QED) is 0.423. The van der Waals surface area contributed by atoms with Gasteiger partial charge in [0.1, 0.15) is 22.8 Å². The van der Waals surface area contributed by atoms with Crippen LogP contribution in [0.1, 0.15) is 5.56 Å². The molecule has 0 radical (unpaired) electrons. The van der Waals surface area contributed by atoms with Crippen LogP contribution in [0.25, 0.3) is 22.0 Å². The summed E-state index contributed by atoms with van der Waals surface area (Å²) in [6, 6.07) is 20.5. The van der Waals surface area contributed by atoms with Crippen molar-refractivity contribution in [3.8, 4) is 16.9 Å². The minimum Gasteiger partial charge on any atom is -0.495 e. The molecule has 0 spiro atoms. The molecule has 8 nitrogen and oxygen atoms in total. The van der Waals surface area contributed by atoms with Crippen molar-refractivity contribution < 1.29 is 17.9 Å². The lowest BCUT2D eigenvalue weighted by atomic mass is 10.0. The fourth-order valence-corrected chi connectivity index (χ4v) is 5.38. The van der Waals surface area contributed by atoms with Crippen LogP contribution in [0.3, 0.4) is 0 Å². The second-order valence-corrected chi connectivity index (χ2v) is 9.94. The van der Waals surface area contributed by atoms with Crippen molar-refractivity contribution in [1.29, 1.82) is 0 Å². The average molecular weight is 491 g/mol. The first-order valence-electron chi connectivity index (χ1n) is 11.3. The number of hydrogen-bond donors (Lipinski definition) is 1. The number of methoxy groups -OCH3 is 1. The molecule has 180 valence electrons. The summed E-state index contributed by atoms with van der Waals surface area (Å²) >= 11 is 0. The molecule has 1 aromatic heterocycles. The highest BCUT2D eigenvalue weighted by molar-refractivity contribution is 7.89. The fourth-order valence-electron chi connectivity index (χ4n) is 4.17. The third-order valence-electron chi connectivity index (χ3n) is 6.02. The van der Waals surface area contributed by atoms with Crippen molar-refractivity contribution in [3.63, 3.8) is 0 Å². The Kier molecular flexibility index (Phi) is 6.63. The predicted octanol–water partition coefficient (Wildman–Crippen LogP) is 3.62. The van der Waals surface area contributed by atoms with Gasteiger partial charge in [0, 0.05) is 25.0 Å². The van der Waals surface area contributed by atoms with Crippen molar-refractivity contribution >= 4 is 26.7 Å². The summed E-state index contributed by atoms with van der Waals surface area (Å²) in [7, 11) is -2.36. The van der Waals surface area contributed by atoms with Gasteiger partial charge >= 0.3 is 0 Å². The second-order valence-electron chi connectivity index (χ2n) is 8.20. The van der Waals surface area contributed by atoms with E-state index in [0.29, 0.717) is 13.2 Å². The molecule has 1 aliphatic heterocycles. The highest BCUT2D eigenvalue weighted by atomic mass is 32.2. The topological polar surface area (TPSA) is 93.7 Å².